The predicted octanol–water partition coefficient (Wildman–Crippen LogP) is 9.69. The number of non-ortho nitro benzene ring substituents is 2. The molecule has 0 aromatic heterocycles. The van der Waals surface area contributed by atoms with Crippen LogP contribution < -0.4 is 29.6 Å². The summed E-state index contributed by atoms with van der Waals surface area (Å²) in [5, 5.41) is 30.9. The maximum Gasteiger partial charge on any atom is 0.270 e. The molecule has 4 aromatic carbocycles. The maximum atomic E-state index is 12.8. The smallest absolute Gasteiger partial charge is 0.270 e. The average Bonchev–Trinajstić information content (AvgIpc) is 3.21. The second-order valence-electron chi connectivity index (χ2n) is 14.4. The number of carbonyl (C=O) groups excluding carboxylic acids is 2. The van der Waals surface area contributed by atoms with Crippen molar-refractivity contribution in [2.45, 2.75) is 79.1 Å². The van der Waals surface area contributed by atoms with Gasteiger partial charge >= 0.3 is 0 Å². The number of ether oxygens (including phenoxy) is 4. The van der Waals surface area contributed by atoms with Crippen molar-refractivity contribution < 1.29 is 38.4 Å². The number of halogens is 2. The molecule has 14 nitrogen and oxygen atoms in total. The Hall–Kier alpha value is -5.60. The third-order valence-corrected chi connectivity index (χ3v) is 9.98. The molecule has 0 spiro atoms. The number of carbonyl (C=O) groups is 2. The molecule has 5 rings (SSSR count). The van der Waals surface area contributed by atoms with E-state index in [-0.39, 0.29) is 62.0 Å². The first-order valence-corrected chi connectivity index (χ1v) is 21.1. The molecule has 0 fully saturated rings. The predicted molar refractivity (Wildman–Crippen MR) is 232 cm³/mol. The van der Waals surface area contributed by atoms with E-state index in [4.69, 9.17) is 42.1 Å². The van der Waals surface area contributed by atoms with E-state index in [2.05, 4.69) is 10.6 Å². The van der Waals surface area contributed by atoms with Crippen LogP contribution in [0.5, 0.6) is 23.0 Å². The van der Waals surface area contributed by atoms with Gasteiger partial charge < -0.3 is 29.6 Å². The molecule has 0 heterocycles. The van der Waals surface area contributed by atoms with Crippen molar-refractivity contribution in [3.63, 3.8) is 0 Å². The molecule has 0 radical (unpaired) electrons. The summed E-state index contributed by atoms with van der Waals surface area (Å²) < 4.78 is 25.9. The molecule has 1 aliphatic rings. The van der Waals surface area contributed by atoms with Crippen LogP contribution in [0, 0.1) is 20.2 Å². The second-order valence-corrected chi connectivity index (χ2v) is 14.9. The molecule has 16 heteroatoms. The molecule has 0 saturated heterocycles. The zero-order valence-electron chi connectivity index (χ0n) is 34.3. The summed E-state index contributed by atoms with van der Waals surface area (Å²) in [7, 11) is 0. The van der Waals surface area contributed by atoms with Gasteiger partial charge in [-0.3, -0.25) is 29.8 Å². The Morgan fingerprint density at radius 3 is 0.933 bits per heavy atom. The Kier molecular flexibility index (Phi) is 16.4. The van der Waals surface area contributed by atoms with E-state index in [1.165, 1.54) is 24.3 Å². The van der Waals surface area contributed by atoms with Crippen molar-refractivity contribution >= 4 is 57.8 Å². The highest BCUT2D eigenvalue weighted by Gasteiger charge is 2.27. The fraction of sp³-hybridized carbons (Fsp3) is 0.409. The van der Waals surface area contributed by atoms with E-state index in [1.807, 2.05) is 27.7 Å². The maximum absolute atomic E-state index is 12.8. The summed E-state index contributed by atoms with van der Waals surface area (Å²) in [6.07, 6.45) is 2.86. The third-order valence-electron chi connectivity index (χ3n) is 9.50. The minimum absolute atomic E-state index is 0.0199. The molecule has 0 atom stereocenters. The first-order chi connectivity index (χ1) is 28.9. The van der Waals surface area contributed by atoms with Crippen LogP contribution in [0.1, 0.15) is 97.9 Å². The summed E-state index contributed by atoms with van der Waals surface area (Å²) in [6.45, 7) is 9.06. The lowest BCUT2D eigenvalue weighted by molar-refractivity contribution is -0.385. The summed E-state index contributed by atoms with van der Waals surface area (Å²) in [5.74, 6) is 0.284. The summed E-state index contributed by atoms with van der Waals surface area (Å²) in [6, 6.07) is 12.9. The van der Waals surface area contributed by atoms with Crippen LogP contribution in [0.3, 0.4) is 0 Å². The monoisotopic (exact) mass is 864 g/mol. The number of anilines is 2. The van der Waals surface area contributed by atoms with Crippen LogP contribution >= 0.6 is 23.2 Å². The number of nitro groups is 2. The largest absolute Gasteiger partial charge is 0.493 e. The Bertz CT molecular complexity index is 2080. The van der Waals surface area contributed by atoms with E-state index in [0.717, 1.165) is 0 Å². The van der Waals surface area contributed by atoms with Gasteiger partial charge in [0.05, 0.1) is 36.3 Å². The van der Waals surface area contributed by atoms with Crippen LogP contribution in [0.2, 0.25) is 0 Å². The van der Waals surface area contributed by atoms with Crippen molar-refractivity contribution in [3.8, 4) is 23.0 Å². The molecule has 1 aliphatic carbocycles. The average molecular weight is 866 g/mol. The van der Waals surface area contributed by atoms with Gasteiger partial charge in [0.15, 0.2) is 0 Å². The summed E-state index contributed by atoms with van der Waals surface area (Å²) in [5.41, 5.74) is 4.68. The van der Waals surface area contributed by atoms with Crippen LogP contribution in [0.15, 0.2) is 48.5 Å². The molecule has 2 amide bonds. The molecular weight excluding hydrogens is 815 g/mol. The Balaban J connectivity index is 1.96. The molecule has 0 unspecified atom stereocenters. The summed E-state index contributed by atoms with van der Waals surface area (Å²) >= 11 is 11.9. The summed E-state index contributed by atoms with van der Waals surface area (Å²) in [4.78, 5) is 49.7. The first kappa shape index (κ1) is 45.5. The number of hydrogen-bond donors (Lipinski definition) is 2. The zero-order valence-corrected chi connectivity index (χ0v) is 35.8. The third kappa shape index (κ3) is 11.4. The number of nitrogens with zero attached hydrogens (tertiary/aromatic N) is 2. The molecule has 8 bridgehead atoms. The van der Waals surface area contributed by atoms with Crippen LogP contribution in [-0.4, -0.2) is 59.8 Å². The van der Waals surface area contributed by atoms with E-state index >= 15 is 0 Å². The molecule has 320 valence electrons. The number of fused-ring (bicyclic) bond motifs is 8. The number of amides is 2. The normalized spacial score (nSPS) is 12.0. The molecule has 0 aliphatic heterocycles. The van der Waals surface area contributed by atoms with Crippen LogP contribution in [0.25, 0.3) is 0 Å². The van der Waals surface area contributed by atoms with E-state index < -0.39 is 21.7 Å². The fourth-order valence-electron chi connectivity index (χ4n) is 7.15. The van der Waals surface area contributed by atoms with E-state index in [0.29, 0.717) is 118 Å². The van der Waals surface area contributed by atoms with E-state index in [1.54, 1.807) is 24.3 Å². The SMILES string of the molecule is CCCOc1c2cc(NC(=O)CCl)cc1Cc1cc([N+](=O)[O-])cc(c1OCCC)Cc1cc([N+](=O)[O-])cc(c1OCCC)Cc1cc(NC(=O)CCl)cc(c1OCCC)C2. The van der Waals surface area contributed by atoms with Gasteiger partial charge in [-0.2, -0.15) is 0 Å². The van der Waals surface area contributed by atoms with Crippen molar-refractivity contribution in [1.29, 1.82) is 0 Å². The molecule has 2 N–H and O–H groups in total. The van der Waals surface area contributed by atoms with Gasteiger partial charge in [-0.15, -0.1) is 23.2 Å². The lowest BCUT2D eigenvalue weighted by atomic mass is 9.90. The second kappa shape index (κ2) is 21.6. The van der Waals surface area contributed by atoms with Gasteiger partial charge in [0.2, 0.25) is 11.8 Å². The molecule has 0 saturated carbocycles. The lowest BCUT2D eigenvalue weighted by Gasteiger charge is -2.24. The highest BCUT2D eigenvalue weighted by molar-refractivity contribution is 6.29. The number of nitrogens with one attached hydrogen (secondary N) is 2. The van der Waals surface area contributed by atoms with Crippen LogP contribution in [0.4, 0.5) is 22.7 Å². The molecule has 60 heavy (non-hydrogen) atoms. The minimum Gasteiger partial charge on any atom is -0.493 e. The Morgan fingerprint density at radius 2 is 0.733 bits per heavy atom. The van der Waals surface area contributed by atoms with E-state index in [9.17, 15) is 29.8 Å². The standard InChI is InChI=1S/C44H50Cl2N4O10/c1-5-9-57-41-27-13-28-18-36(48-40(52)26-46)20-30(42(28)58-10-6-2)15-32-22-38(50(55)56)24-34(44(32)60-12-8-4)16-33-23-37(49(53)54)21-31(43(33)59-11-7-3)14-29(41)19-35(17-27)47-39(51)25-45/h17-24H,5-16,25-26H2,1-4H3,(H,47,51)(H,48,52). The van der Waals surface area contributed by atoms with Gasteiger partial charge in [0.25, 0.3) is 11.4 Å². The highest BCUT2D eigenvalue weighted by Crippen LogP contribution is 2.43. The molecule has 4 aromatic rings. The van der Waals surface area contributed by atoms with Crippen molar-refractivity contribution in [2.24, 2.45) is 0 Å². The van der Waals surface area contributed by atoms with Gasteiger partial charge in [-0.1, -0.05) is 27.7 Å². The van der Waals surface area contributed by atoms with Gasteiger partial charge in [0, 0.05) is 106 Å². The fourth-order valence-corrected chi connectivity index (χ4v) is 7.29. The van der Waals surface area contributed by atoms with Gasteiger partial charge in [0.1, 0.15) is 34.8 Å². The van der Waals surface area contributed by atoms with Crippen LogP contribution in [-0.2, 0) is 35.3 Å². The topological polar surface area (TPSA) is 181 Å². The van der Waals surface area contributed by atoms with Crippen molar-refractivity contribution in [1.82, 2.24) is 0 Å². The quantitative estimate of drug-likeness (QED) is 0.0489. The number of alkyl halides is 2. The van der Waals surface area contributed by atoms with Crippen molar-refractivity contribution in [3.05, 3.63) is 113 Å². The van der Waals surface area contributed by atoms with Gasteiger partial charge in [-0.05, 0) is 49.9 Å². The highest BCUT2D eigenvalue weighted by atomic mass is 35.5. The number of nitro benzene ring substituents is 2. The number of hydrogen-bond acceptors (Lipinski definition) is 10. The lowest BCUT2D eigenvalue weighted by Crippen LogP contribution is -2.15. The molecular formula is C44H50Cl2N4O10. The zero-order chi connectivity index (χ0) is 43.3. The Morgan fingerprint density at radius 1 is 0.500 bits per heavy atom. The Labute approximate surface area is 359 Å². The number of rotatable bonds is 18. The minimum atomic E-state index is -0.482. The number of benzene rings is 4. The van der Waals surface area contributed by atoms with Crippen molar-refractivity contribution in [2.75, 3.05) is 48.8 Å². The van der Waals surface area contributed by atoms with Gasteiger partial charge in [-0.25, -0.2) is 0 Å². The first-order valence-electron chi connectivity index (χ1n) is 20.1.